The molecule has 0 bridgehead atoms. The summed E-state index contributed by atoms with van der Waals surface area (Å²) in [4.78, 5) is 41.4. The maximum Gasteiger partial charge on any atom is 0.272 e. The highest BCUT2D eigenvalue weighted by Gasteiger charge is 2.32. The number of carbonyl (C=O) groups excluding carboxylic acids is 2. The predicted molar refractivity (Wildman–Crippen MR) is 130 cm³/mol. The van der Waals surface area contributed by atoms with Gasteiger partial charge in [0.25, 0.3) is 5.56 Å². The molecule has 4 aromatic rings. The van der Waals surface area contributed by atoms with E-state index in [2.05, 4.69) is 20.9 Å². The number of aromatic amines is 1. The number of anilines is 1. The molecule has 2 aromatic carbocycles. The molecule has 166 valence electrons. The van der Waals surface area contributed by atoms with Crippen molar-refractivity contribution >= 4 is 44.3 Å². The molecule has 0 spiro atoms. The summed E-state index contributed by atoms with van der Waals surface area (Å²) in [6, 6.07) is 12.9. The first kappa shape index (κ1) is 21.2. The monoisotopic (exact) mass is 505 g/mol. The second-order valence-electron chi connectivity index (χ2n) is 8.04. The number of nitrogens with one attached hydrogen (secondary N) is 1. The van der Waals surface area contributed by atoms with Crippen LogP contribution in [0.2, 0.25) is 0 Å². The fourth-order valence-corrected chi connectivity index (χ4v) is 4.53. The van der Waals surface area contributed by atoms with Crippen LogP contribution in [0.5, 0.6) is 11.5 Å². The Hall–Kier alpha value is -3.65. The predicted octanol–water partition coefficient (Wildman–Crippen LogP) is 5.05. The molecule has 0 unspecified atom stereocenters. The van der Waals surface area contributed by atoms with Gasteiger partial charge in [-0.3, -0.25) is 19.3 Å². The van der Waals surface area contributed by atoms with Crippen molar-refractivity contribution in [2.45, 2.75) is 19.8 Å². The van der Waals surface area contributed by atoms with Crippen LogP contribution in [0.4, 0.5) is 5.69 Å². The molecule has 2 amide bonds. The zero-order valence-electron chi connectivity index (χ0n) is 18.0. The number of pyridine rings is 1. The number of imide groups is 1. The van der Waals surface area contributed by atoms with E-state index in [1.807, 2.05) is 49.5 Å². The van der Waals surface area contributed by atoms with Gasteiger partial charge in [0, 0.05) is 53.3 Å². The fraction of sp³-hybridized carbons (Fsp3) is 0.160. The van der Waals surface area contributed by atoms with Crippen molar-refractivity contribution in [3.63, 3.8) is 0 Å². The average molecular weight is 506 g/mol. The average Bonchev–Trinajstić information content (AvgIpc) is 3.30. The largest absolute Gasteiger partial charge is 0.457 e. The Bertz CT molecular complexity index is 1470. The Balaban J connectivity index is 1.75. The number of aryl methyl sites for hydroxylation is 2. The number of hydrogen-bond acceptors (Lipinski definition) is 4. The lowest BCUT2D eigenvalue weighted by Crippen LogP contribution is -2.29. The first-order valence-electron chi connectivity index (χ1n) is 10.4. The van der Waals surface area contributed by atoms with E-state index < -0.39 is 0 Å². The third-order valence-electron chi connectivity index (χ3n) is 5.82. The Kier molecular flexibility index (Phi) is 5.17. The smallest absolute Gasteiger partial charge is 0.272 e. The van der Waals surface area contributed by atoms with Crippen LogP contribution in [0.1, 0.15) is 18.4 Å². The number of ether oxygens (including phenoxy) is 1. The first-order valence-corrected chi connectivity index (χ1v) is 11.2. The molecule has 2 aromatic heterocycles. The van der Waals surface area contributed by atoms with Crippen LogP contribution in [-0.4, -0.2) is 21.4 Å². The van der Waals surface area contributed by atoms with E-state index in [-0.39, 0.29) is 30.2 Å². The Morgan fingerprint density at radius 3 is 2.36 bits per heavy atom. The molecule has 1 saturated heterocycles. The van der Waals surface area contributed by atoms with Crippen LogP contribution in [0.25, 0.3) is 22.0 Å². The number of H-pyrrole nitrogens is 1. The lowest BCUT2D eigenvalue weighted by molar-refractivity contribution is -0.121. The molecule has 1 N–H and O–H groups in total. The summed E-state index contributed by atoms with van der Waals surface area (Å²) in [6.45, 7) is 1.85. The summed E-state index contributed by atoms with van der Waals surface area (Å²) in [5.41, 5.74) is 3.05. The van der Waals surface area contributed by atoms with Crippen molar-refractivity contribution in [3.8, 4) is 22.6 Å². The number of amides is 2. The minimum Gasteiger partial charge on any atom is -0.457 e. The minimum absolute atomic E-state index is 0.200. The van der Waals surface area contributed by atoms with E-state index in [9.17, 15) is 14.4 Å². The number of benzene rings is 2. The van der Waals surface area contributed by atoms with Crippen molar-refractivity contribution in [1.82, 2.24) is 9.55 Å². The molecule has 0 radical (unpaired) electrons. The maximum absolute atomic E-state index is 12.5. The van der Waals surface area contributed by atoms with Gasteiger partial charge < -0.3 is 14.3 Å². The summed E-state index contributed by atoms with van der Waals surface area (Å²) in [7, 11) is 1.80. The van der Waals surface area contributed by atoms with Gasteiger partial charge in [-0.2, -0.15) is 0 Å². The van der Waals surface area contributed by atoms with Gasteiger partial charge >= 0.3 is 0 Å². The standard InChI is InChI=1S/C25H20BrN3O4/c1-14-11-21(33-16-5-3-15(26)4-6-16)18(12-20(14)29-22(30)7-8-23(29)31)19-13-28(2)24-17(19)9-10-27-25(24)32/h3-6,9-13H,7-8H2,1-2H3,(H,27,32). The number of hydrogen-bond donors (Lipinski definition) is 1. The zero-order chi connectivity index (χ0) is 23.3. The first-order chi connectivity index (χ1) is 15.8. The van der Waals surface area contributed by atoms with Crippen molar-refractivity contribution < 1.29 is 14.3 Å². The van der Waals surface area contributed by atoms with Gasteiger partial charge in [-0.25, -0.2) is 0 Å². The number of carbonyl (C=O) groups is 2. The van der Waals surface area contributed by atoms with Crippen LogP contribution in [0.3, 0.4) is 0 Å². The SMILES string of the molecule is Cc1cc(Oc2ccc(Br)cc2)c(-c2cn(C)c3c(=O)[nH]ccc23)cc1N1C(=O)CCC1=O. The summed E-state index contributed by atoms with van der Waals surface area (Å²) >= 11 is 3.43. The lowest BCUT2D eigenvalue weighted by atomic mass is 10.0. The van der Waals surface area contributed by atoms with E-state index in [4.69, 9.17) is 4.74 Å². The zero-order valence-corrected chi connectivity index (χ0v) is 19.6. The van der Waals surface area contributed by atoms with Gasteiger partial charge in [-0.1, -0.05) is 15.9 Å². The van der Waals surface area contributed by atoms with Crippen LogP contribution in [0, 0.1) is 6.92 Å². The molecule has 33 heavy (non-hydrogen) atoms. The Morgan fingerprint density at radius 1 is 0.970 bits per heavy atom. The summed E-state index contributed by atoms with van der Waals surface area (Å²) < 4.78 is 8.95. The van der Waals surface area contributed by atoms with Gasteiger partial charge in [0.2, 0.25) is 11.8 Å². The molecule has 1 fully saturated rings. The second kappa shape index (κ2) is 8.04. The van der Waals surface area contributed by atoms with E-state index in [0.717, 1.165) is 21.0 Å². The van der Waals surface area contributed by atoms with Gasteiger partial charge in [-0.15, -0.1) is 0 Å². The van der Waals surface area contributed by atoms with Crippen LogP contribution in [-0.2, 0) is 16.6 Å². The van der Waals surface area contributed by atoms with Crippen LogP contribution >= 0.6 is 15.9 Å². The van der Waals surface area contributed by atoms with Crippen molar-refractivity contribution in [1.29, 1.82) is 0 Å². The van der Waals surface area contributed by atoms with Crippen molar-refractivity contribution in [2.75, 3.05) is 4.90 Å². The van der Waals surface area contributed by atoms with E-state index in [1.54, 1.807) is 23.9 Å². The van der Waals surface area contributed by atoms with E-state index in [1.165, 1.54) is 4.90 Å². The minimum atomic E-state index is -0.218. The number of halogens is 1. The van der Waals surface area contributed by atoms with Crippen LogP contribution in [0.15, 0.2) is 64.1 Å². The molecular formula is C25H20BrN3O4. The third-order valence-corrected chi connectivity index (χ3v) is 6.35. The summed E-state index contributed by atoms with van der Waals surface area (Å²) in [5, 5.41) is 0.746. The molecule has 5 rings (SSSR count). The van der Waals surface area contributed by atoms with Crippen LogP contribution < -0.4 is 15.2 Å². The normalized spacial score (nSPS) is 13.8. The second-order valence-corrected chi connectivity index (χ2v) is 8.95. The molecule has 3 heterocycles. The quantitative estimate of drug-likeness (QED) is 0.393. The van der Waals surface area contributed by atoms with Crippen molar-refractivity contribution in [2.24, 2.45) is 7.05 Å². The summed E-state index contributed by atoms with van der Waals surface area (Å²) in [6.07, 6.45) is 3.87. The molecule has 0 atom stereocenters. The highest BCUT2D eigenvalue weighted by Crippen LogP contribution is 2.42. The Morgan fingerprint density at radius 2 is 1.67 bits per heavy atom. The molecule has 0 aliphatic carbocycles. The van der Waals surface area contributed by atoms with Crippen molar-refractivity contribution in [3.05, 3.63) is 75.2 Å². The lowest BCUT2D eigenvalue weighted by Gasteiger charge is -2.20. The highest BCUT2D eigenvalue weighted by molar-refractivity contribution is 9.10. The number of nitrogens with zero attached hydrogens (tertiary/aromatic N) is 2. The highest BCUT2D eigenvalue weighted by atomic mass is 79.9. The number of aromatic nitrogens is 2. The Labute approximate surface area is 197 Å². The maximum atomic E-state index is 12.5. The van der Waals surface area contributed by atoms with E-state index in [0.29, 0.717) is 28.3 Å². The number of rotatable bonds is 4. The molecule has 1 aliphatic heterocycles. The molecular weight excluding hydrogens is 486 g/mol. The molecule has 8 heteroatoms. The van der Waals surface area contributed by atoms with Gasteiger partial charge in [0.05, 0.1) is 5.69 Å². The third kappa shape index (κ3) is 3.66. The van der Waals surface area contributed by atoms with Gasteiger partial charge in [0.1, 0.15) is 17.0 Å². The molecule has 7 nitrogen and oxygen atoms in total. The van der Waals surface area contributed by atoms with E-state index >= 15 is 0 Å². The summed E-state index contributed by atoms with van der Waals surface area (Å²) in [5.74, 6) is 0.762. The fourth-order valence-electron chi connectivity index (χ4n) is 4.26. The van der Waals surface area contributed by atoms with Gasteiger partial charge in [-0.05, 0) is 55.0 Å². The topological polar surface area (TPSA) is 84.4 Å². The molecule has 1 aliphatic rings. The molecule has 0 saturated carbocycles. The van der Waals surface area contributed by atoms with Gasteiger partial charge in [0.15, 0.2) is 0 Å². The number of fused-ring (bicyclic) bond motifs is 1.